The van der Waals surface area contributed by atoms with Crippen molar-refractivity contribution < 1.29 is 5.11 Å². The standard InChI is InChI=1S/C16H25NO/c1-6-8-17-9-7-15(18)16-13(4)11(2)10-12(3)14(16)5/h6,10,15,17-18H,1,7-9H2,2-5H3. The predicted octanol–water partition coefficient (Wildman–Crippen LogP) is 3.12. The Bertz CT molecular complexity index is 397. The van der Waals surface area contributed by atoms with E-state index in [1.54, 1.807) is 0 Å². The van der Waals surface area contributed by atoms with Gasteiger partial charge in [0.15, 0.2) is 0 Å². The van der Waals surface area contributed by atoms with Crippen molar-refractivity contribution in [3.8, 4) is 0 Å². The molecular weight excluding hydrogens is 222 g/mol. The van der Waals surface area contributed by atoms with Crippen LogP contribution >= 0.6 is 0 Å². The van der Waals surface area contributed by atoms with E-state index in [4.69, 9.17) is 0 Å². The average Bonchev–Trinajstić information content (AvgIpc) is 2.32. The lowest BCUT2D eigenvalue weighted by Gasteiger charge is -2.20. The first-order valence-corrected chi connectivity index (χ1v) is 6.56. The van der Waals surface area contributed by atoms with Gasteiger partial charge < -0.3 is 10.4 Å². The summed E-state index contributed by atoms with van der Waals surface area (Å²) >= 11 is 0. The molecule has 0 saturated carbocycles. The molecule has 0 fully saturated rings. The number of hydrogen-bond acceptors (Lipinski definition) is 2. The Kier molecular flexibility index (Phi) is 5.57. The molecule has 0 bridgehead atoms. The number of aryl methyl sites for hydroxylation is 2. The van der Waals surface area contributed by atoms with Gasteiger partial charge in [0.1, 0.15) is 0 Å². The van der Waals surface area contributed by atoms with E-state index in [1.807, 2.05) is 6.08 Å². The molecule has 2 nitrogen and oxygen atoms in total. The monoisotopic (exact) mass is 247 g/mol. The fourth-order valence-electron chi connectivity index (χ4n) is 2.33. The Morgan fingerprint density at radius 3 is 2.28 bits per heavy atom. The summed E-state index contributed by atoms with van der Waals surface area (Å²) in [5.74, 6) is 0. The fraction of sp³-hybridized carbons (Fsp3) is 0.500. The van der Waals surface area contributed by atoms with Crippen LogP contribution in [0.15, 0.2) is 18.7 Å². The van der Waals surface area contributed by atoms with Crippen molar-refractivity contribution in [2.75, 3.05) is 13.1 Å². The fourth-order valence-corrected chi connectivity index (χ4v) is 2.33. The number of hydrogen-bond donors (Lipinski definition) is 2. The summed E-state index contributed by atoms with van der Waals surface area (Å²) in [4.78, 5) is 0. The van der Waals surface area contributed by atoms with Crippen LogP contribution in [0.5, 0.6) is 0 Å². The molecule has 0 aliphatic rings. The smallest absolute Gasteiger partial charge is 0.0807 e. The van der Waals surface area contributed by atoms with Gasteiger partial charge >= 0.3 is 0 Å². The van der Waals surface area contributed by atoms with Gasteiger partial charge in [-0.25, -0.2) is 0 Å². The molecule has 0 amide bonds. The highest BCUT2D eigenvalue weighted by Gasteiger charge is 2.15. The van der Waals surface area contributed by atoms with Gasteiger partial charge in [-0.2, -0.15) is 0 Å². The maximum atomic E-state index is 10.4. The SMILES string of the molecule is C=CCNCCC(O)c1c(C)c(C)cc(C)c1C. The van der Waals surface area contributed by atoms with Crippen molar-refractivity contribution in [1.29, 1.82) is 0 Å². The number of aliphatic hydroxyl groups is 1. The zero-order valence-electron chi connectivity index (χ0n) is 12.0. The largest absolute Gasteiger partial charge is 0.388 e. The molecule has 2 N–H and O–H groups in total. The minimum atomic E-state index is -0.388. The van der Waals surface area contributed by atoms with Gasteiger partial charge in [-0.15, -0.1) is 6.58 Å². The third kappa shape index (κ3) is 3.44. The van der Waals surface area contributed by atoms with E-state index in [0.717, 1.165) is 25.1 Å². The third-order valence-corrected chi connectivity index (χ3v) is 3.64. The lowest BCUT2D eigenvalue weighted by Crippen LogP contribution is -2.18. The van der Waals surface area contributed by atoms with Crippen molar-refractivity contribution >= 4 is 0 Å². The summed E-state index contributed by atoms with van der Waals surface area (Å²) in [5.41, 5.74) is 6.05. The van der Waals surface area contributed by atoms with E-state index < -0.39 is 0 Å². The van der Waals surface area contributed by atoms with Crippen LogP contribution in [0, 0.1) is 27.7 Å². The van der Waals surface area contributed by atoms with Crippen LogP contribution in [0.3, 0.4) is 0 Å². The summed E-state index contributed by atoms with van der Waals surface area (Å²) in [6.07, 6.45) is 2.18. The van der Waals surface area contributed by atoms with Crippen molar-refractivity contribution in [2.24, 2.45) is 0 Å². The van der Waals surface area contributed by atoms with E-state index in [-0.39, 0.29) is 6.10 Å². The molecule has 1 aromatic rings. The minimum absolute atomic E-state index is 0.388. The van der Waals surface area contributed by atoms with Crippen LogP contribution in [0.25, 0.3) is 0 Å². The third-order valence-electron chi connectivity index (χ3n) is 3.64. The molecule has 0 aromatic heterocycles. The Morgan fingerprint density at radius 1 is 1.22 bits per heavy atom. The van der Waals surface area contributed by atoms with Crippen LogP contribution < -0.4 is 5.32 Å². The zero-order valence-corrected chi connectivity index (χ0v) is 12.0. The quantitative estimate of drug-likeness (QED) is 0.598. The van der Waals surface area contributed by atoms with Gasteiger partial charge in [0.05, 0.1) is 6.10 Å². The first-order chi connectivity index (χ1) is 8.49. The molecule has 1 rings (SSSR count). The van der Waals surface area contributed by atoms with Crippen molar-refractivity contribution in [3.05, 3.63) is 46.5 Å². The number of aliphatic hydroxyl groups excluding tert-OH is 1. The molecule has 2 heteroatoms. The van der Waals surface area contributed by atoms with Crippen LogP contribution in [0.4, 0.5) is 0 Å². The highest BCUT2D eigenvalue weighted by atomic mass is 16.3. The Labute approximate surface area is 111 Å². The maximum absolute atomic E-state index is 10.4. The second-order valence-corrected chi connectivity index (χ2v) is 4.97. The van der Waals surface area contributed by atoms with Crippen molar-refractivity contribution in [3.63, 3.8) is 0 Å². The molecule has 0 radical (unpaired) electrons. The van der Waals surface area contributed by atoms with E-state index in [2.05, 4.69) is 45.7 Å². The summed E-state index contributed by atoms with van der Waals surface area (Å²) in [6, 6.07) is 2.19. The second-order valence-electron chi connectivity index (χ2n) is 4.97. The molecular formula is C16H25NO. The van der Waals surface area contributed by atoms with Crippen LogP contribution in [0.2, 0.25) is 0 Å². The summed E-state index contributed by atoms with van der Waals surface area (Å²) in [7, 11) is 0. The first kappa shape index (κ1) is 14.9. The van der Waals surface area contributed by atoms with Crippen LogP contribution in [0.1, 0.15) is 40.3 Å². The van der Waals surface area contributed by atoms with E-state index in [0.29, 0.717) is 0 Å². The second kappa shape index (κ2) is 6.72. The van der Waals surface area contributed by atoms with E-state index in [9.17, 15) is 5.11 Å². The molecule has 1 aromatic carbocycles. The van der Waals surface area contributed by atoms with E-state index >= 15 is 0 Å². The van der Waals surface area contributed by atoms with Crippen LogP contribution in [-0.2, 0) is 0 Å². The molecule has 1 unspecified atom stereocenters. The molecule has 0 aliphatic carbocycles. The van der Waals surface area contributed by atoms with Gasteiger partial charge in [-0.3, -0.25) is 0 Å². The Hall–Kier alpha value is -1.12. The van der Waals surface area contributed by atoms with Gasteiger partial charge in [0.25, 0.3) is 0 Å². The Balaban J connectivity index is 2.84. The average molecular weight is 247 g/mol. The Morgan fingerprint density at radius 2 is 1.78 bits per heavy atom. The van der Waals surface area contributed by atoms with Gasteiger partial charge in [-0.1, -0.05) is 12.1 Å². The lowest BCUT2D eigenvalue weighted by atomic mass is 9.90. The molecule has 0 spiro atoms. The number of nitrogens with one attached hydrogen (secondary N) is 1. The molecule has 0 heterocycles. The zero-order chi connectivity index (χ0) is 13.7. The maximum Gasteiger partial charge on any atom is 0.0807 e. The highest BCUT2D eigenvalue weighted by molar-refractivity contribution is 5.45. The summed E-state index contributed by atoms with van der Waals surface area (Å²) < 4.78 is 0. The normalized spacial score (nSPS) is 12.5. The lowest BCUT2D eigenvalue weighted by molar-refractivity contribution is 0.166. The summed E-state index contributed by atoms with van der Waals surface area (Å²) in [5, 5.41) is 13.6. The number of rotatable bonds is 6. The van der Waals surface area contributed by atoms with Gasteiger partial charge in [-0.05, 0) is 68.5 Å². The molecule has 1 atom stereocenters. The van der Waals surface area contributed by atoms with Crippen LogP contribution in [-0.4, -0.2) is 18.2 Å². The predicted molar refractivity (Wildman–Crippen MR) is 78.0 cm³/mol. The van der Waals surface area contributed by atoms with Gasteiger partial charge in [0, 0.05) is 6.54 Å². The number of benzene rings is 1. The van der Waals surface area contributed by atoms with Crippen molar-refractivity contribution in [1.82, 2.24) is 5.32 Å². The topological polar surface area (TPSA) is 32.3 Å². The molecule has 18 heavy (non-hydrogen) atoms. The van der Waals surface area contributed by atoms with Crippen molar-refractivity contribution in [2.45, 2.75) is 40.2 Å². The molecule has 100 valence electrons. The molecule has 0 aliphatic heterocycles. The van der Waals surface area contributed by atoms with Gasteiger partial charge in [0.2, 0.25) is 0 Å². The summed E-state index contributed by atoms with van der Waals surface area (Å²) in [6.45, 7) is 13.7. The first-order valence-electron chi connectivity index (χ1n) is 6.56. The highest BCUT2D eigenvalue weighted by Crippen LogP contribution is 2.28. The minimum Gasteiger partial charge on any atom is -0.388 e. The molecule has 0 saturated heterocycles. The van der Waals surface area contributed by atoms with E-state index in [1.165, 1.54) is 22.3 Å².